The van der Waals surface area contributed by atoms with Crippen LogP contribution < -0.4 is 14.4 Å². The number of Topliss-reactive ketones (excluding diaryl/α,β-unsaturated/α-hetero) is 1. The Labute approximate surface area is 226 Å². The molecule has 0 spiro atoms. The second-order valence-electron chi connectivity index (χ2n) is 9.79. The van der Waals surface area contributed by atoms with Gasteiger partial charge in [0, 0.05) is 22.7 Å². The number of carbonyl (C=O) groups excluding carboxylic acids is 1. The van der Waals surface area contributed by atoms with Crippen LogP contribution in [0.2, 0.25) is 0 Å². The molecule has 3 atom stereocenters. The van der Waals surface area contributed by atoms with Crippen molar-refractivity contribution in [3.05, 3.63) is 108 Å². The summed E-state index contributed by atoms with van der Waals surface area (Å²) in [6.07, 6.45) is 3.90. The zero-order valence-corrected chi connectivity index (χ0v) is 21.5. The third kappa shape index (κ3) is 3.50. The van der Waals surface area contributed by atoms with Gasteiger partial charge in [0.15, 0.2) is 22.7 Å². The summed E-state index contributed by atoms with van der Waals surface area (Å²) in [7, 11) is 3.09. The summed E-state index contributed by atoms with van der Waals surface area (Å²) >= 11 is 0. The first-order chi connectivity index (χ1) is 19.1. The molecule has 0 aromatic heterocycles. The van der Waals surface area contributed by atoms with E-state index in [1.165, 1.54) is 7.11 Å². The maximum absolute atomic E-state index is 14.4. The van der Waals surface area contributed by atoms with Gasteiger partial charge in [-0.05, 0) is 34.5 Å². The summed E-state index contributed by atoms with van der Waals surface area (Å²) in [6, 6.07) is 29.8. The van der Waals surface area contributed by atoms with Crippen LogP contribution in [-0.4, -0.2) is 32.1 Å². The largest absolute Gasteiger partial charge is 0.493 e. The Hall–Kier alpha value is -5.07. The number of rotatable bonds is 5. The number of nitriles is 2. The maximum atomic E-state index is 14.4. The average molecular weight is 512 g/mol. The molecule has 2 aliphatic heterocycles. The number of anilines is 1. The molecule has 0 radical (unpaired) electrons. The Kier molecular flexibility index (Phi) is 5.82. The van der Waals surface area contributed by atoms with E-state index in [9.17, 15) is 15.3 Å². The summed E-state index contributed by atoms with van der Waals surface area (Å²) in [6.45, 7) is 0. The lowest BCUT2D eigenvalue weighted by Gasteiger charge is -2.36. The van der Waals surface area contributed by atoms with Gasteiger partial charge in [0.25, 0.3) is 0 Å². The number of carbonyl (C=O) groups is 1. The van der Waals surface area contributed by atoms with E-state index in [1.807, 2.05) is 71.6 Å². The van der Waals surface area contributed by atoms with Crippen LogP contribution in [0.3, 0.4) is 0 Å². The van der Waals surface area contributed by atoms with Crippen LogP contribution >= 0.6 is 0 Å². The molecule has 190 valence electrons. The topological polar surface area (TPSA) is 86.4 Å². The molecular formula is C33H25N3O3. The van der Waals surface area contributed by atoms with Crippen molar-refractivity contribution < 1.29 is 14.3 Å². The van der Waals surface area contributed by atoms with Gasteiger partial charge in [-0.3, -0.25) is 4.79 Å². The van der Waals surface area contributed by atoms with Gasteiger partial charge in [-0.25, -0.2) is 0 Å². The van der Waals surface area contributed by atoms with Crippen LogP contribution in [0.1, 0.15) is 27.4 Å². The van der Waals surface area contributed by atoms with Crippen LogP contribution in [0, 0.1) is 28.1 Å². The van der Waals surface area contributed by atoms with Gasteiger partial charge in [-0.15, -0.1) is 0 Å². The highest BCUT2D eigenvalue weighted by atomic mass is 16.5. The van der Waals surface area contributed by atoms with Crippen molar-refractivity contribution in [1.29, 1.82) is 10.5 Å². The summed E-state index contributed by atoms with van der Waals surface area (Å²) in [5, 5.41) is 23.5. The van der Waals surface area contributed by atoms with Crippen molar-refractivity contribution in [1.82, 2.24) is 0 Å². The molecular weight excluding hydrogens is 486 g/mol. The van der Waals surface area contributed by atoms with E-state index in [1.54, 1.807) is 31.4 Å². The van der Waals surface area contributed by atoms with Gasteiger partial charge in [-0.1, -0.05) is 78.9 Å². The minimum Gasteiger partial charge on any atom is -0.493 e. The molecule has 1 fully saturated rings. The summed E-state index contributed by atoms with van der Waals surface area (Å²) in [5.74, 6) is 0.0749. The fourth-order valence-electron chi connectivity index (χ4n) is 6.24. The highest BCUT2D eigenvalue weighted by molar-refractivity contribution is 6.06. The quantitative estimate of drug-likeness (QED) is 0.299. The molecule has 0 bridgehead atoms. The standard InChI is InChI=1S/C33H25N3O3/c1-38-27-16-13-23(18-28(27)39-2)30-31(32(37)22-9-4-3-5-10-22)36-26-15-12-21-8-6-7-11-24(21)25(26)14-17-29(36)33(30,19-34)20-35/h3-18,29-31H,1-2H3/t29-,30-,31+/m0/s1. The van der Waals surface area contributed by atoms with Crippen molar-refractivity contribution >= 4 is 28.3 Å². The van der Waals surface area contributed by atoms with E-state index < -0.39 is 23.4 Å². The zero-order chi connectivity index (χ0) is 27.1. The Morgan fingerprint density at radius 3 is 2.31 bits per heavy atom. The molecule has 2 aliphatic rings. The number of hydrogen-bond acceptors (Lipinski definition) is 6. The van der Waals surface area contributed by atoms with E-state index in [0.29, 0.717) is 22.6 Å². The first kappa shape index (κ1) is 24.3. The molecule has 1 saturated heterocycles. The van der Waals surface area contributed by atoms with Gasteiger partial charge < -0.3 is 14.4 Å². The van der Waals surface area contributed by atoms with E-state index in [2.05, 4.69) is 18.2 Å². The van der Waals surface area contributed by atoms with Crippen molar-refractivity contribution in [3.63, 3.8) is 0 Å². The second kappa shape index (κ2) is 9.35. The van der Waals surface area contributed by atoms with E-state index in [0.717, 1.165) is 22.0 Å². The predicted octanol–water partition coefficient (Wildman–Crippen LogP) is 6.14. The smallest absolute Gasteiger partial charge is 0.185 e. The van der Waals surface area contributed by atoms with Crippen LogP contribution in [0.4, 0.5) is 5.69 Å². The molecule has 6 rings (SSSR count). The fourth-order valence-corrected chi connectivity index (χ4v) is 6.24. The van der Waals surface area contributed by atoms with Gasteiger partial charge >= 0.3 is 0 Å². The van der Waals surface area contributed by atoms with Gasteiger partial charge in [0.05, 0.1) is 32.4 Å². The number of fused-ring (bicyclic) bond motifs is 5. The third-order valence-electron chi connectivity index (χ3n) is 8.01. The fraction of sp³-hybridized carbons (Fsp3) is 0.182. The van der Waals surface area contributed by atoms with Crippen molar-refractivity contribution in [2.75, 3.05) is 19.1 Å². The Balaban J connectivity index is 1.64. The van der Waals surface area contributed by atoms with E-state index in [-0.39, 0.29) is 5.78 Å². The molecule has 2 heterocycles. The number of benzene rings is 4. The van der Waals surface area contributed by atoms with E-state index >= 15 is 0 Å². The van der Waals surface area contributed by atoms with Crippen molar-refractivity contribution in [3.8, 4) is 23.6 Å². The molecule has 0 aliphatic carbocycles. The first-order valence-corrected chi connectivity index (χ1v) is 12.7. The SMILES string of the molecule is COc1ccc([C@H]2[C@H](C(=O)c3ccccc3)N3c4ccc5ccccc5c4C=C[C@H]3C2(C#N)C#N)cc1OC. The summed E-state index contributed by atoms with van der Waals surface area (Å²) in [4.78, 5) is 16.4. The highest BCUT2D eigenvalue weighted by Crippen LogP contribution is 2.56. The molecule has 0 unspecified atom stereocenters. The monoisotopic (exact) mass is 511 g/mol. The number of ketones is 1. The zero-order valence-electron chi connectivity index (χ0n) is 21.5. The van der Waals surface area contributed by atoms with Crippen LogP contribution in [0.25, 0.3) is 16.8 Å². The lowest BCUT2D eigenvalue weighted by Crippen LogP contribution is -2.44. The first-order valence-electron chi connectivity index (χ1n) is 12.7. The van der Waals surface area contributed by atoms with Gasteiger partial charge in [-0.2, -0.15) is 10.5 Å². The second-order valence-corrected chi connectivity index (χ2v) is 9.79. The summed E-state index contributed by atoms with van der Waals surface area (Å²) < 4.78 is 11.0. The molecule has 39 heavy (non-hydrogen) atoms. The Morgan fingerprint density at radius 1 is 0.872 bits per heavy atom. The minimum absolute atomic E-state index is 0.151. The van der Waals surface area contributed by atoms with Crippen molar-refractivity contribution in [2.24, 2.45) is 5.41 Å². The lowest BCUT2D eigenvalue weighted by atomic mass is 9.69. The van der Waals surface area contributed by atoms with Crippen LogP contribution in [-0.2, 0) is 0 Å². The Morgan fingerprint density at radius 2 is 1.59 bits per heavy atom. The molecule has 6 heteroatoms. The van der Waals surface area contributed by atoms with Gasteiger partial charge in [0.2, 0.25) is 0 Å². The molecule has 0 saturated carbocycles. The van der Waals surface area contributed by atoms with Gasteiger partial charge in [0.1, 0.15) is 6.04 Å². The highest BCUT2D eigenvalue weighted by Gasteiger charge is 2.63. The minimum atomic E-state index is -1.55. The molecule has 0 amide bonds. The summed E-state index contributed by atoms with van der Waals surface area (Å²) in [5.41, 5.74) is 1.43. The molecule has 0 N–H and O–H groups in total. The van der Waals surface area contributed by atoms with Crippen LogP contribution in [0.15, 0.2) is 91.0 Å². The molecule has 4 aromatic carbocycles. The van der Waals surface area contributed by atoms with Crippen LogP contribution in [0.5, 0.6) is 11.5 Å². The van der Waals surface area contributed by atoms with E-state index in [4.69, 9.17) is 9.47 Å². The predicted molar refractivity (Wildman–Crippen MR) is 150 cm³/mol. The average Bonchev–Trinajstić information content (AvgIpc) is 3.31. The lowest BCUT2D eigenvalue weighted by molar-refractivity contribution is 0.0951. The maximum Gasteiger partial charge on any atom is 0.185 e. The van der Waals surface area contributed by atoms with Crippen molar-refractivity contribution in [2.45, 2.75) is 18.0 Å². The molecule has 4 aromatic rings. The third-order valence-corrected chi connectivity index (χ3v) is 8.01. The number of hydrogen-bond donors (Lipinski definition) is 0. The number of methoxy groups -OCH3 is 2. The normalized spacial score (nSPS) is 20.4. The molecule has 6 nitrogen and oxygen atoms in total. The number of nitrogens with zero attached hydrogens (tertiary/aromatic N) is 3. The Bertz CT molecular complexity index is 1700. The number of ether oxygens (including phenoxy) is 2.